The van der Waals surface area contributed by atoms with E-state index < -0.39 is 18.0 Å². The van der Waals surface area contributed by atoms with Crippen LogP contribution in [0.15, 0.2) is 0 Å². The van der Waals surface area contributed by atoms with E-state index in [1.165, 1.54) is 4.68 Å². The molecule has 0 saturated carbocycles. The third kappa shape index (κ3) is 2.61. The van der Waals surface area contributed by atoms with Crippen molar-refractivity contribution >= 4 is 17.6 Å². The number of carboxylic acids is 1. The lowest BCUT2D eigenvalue weighted by Crippen LogP contribution is -2.27. The molecule has 18 heavy (non-hydrogen) atoms. The van der Waals surface area contributed by atoms with Gasteiger partial charge in [-0.1, -0.05) is 6.92 Å². The first kappa shape index (κ1) is 14.0. The molecule has 0 fully saturated rings. The average molecular weight is 255 g/mol. The highest BCUT2D eigenvalue weighted by Gasteiger charge is 2.26. The number of rotatable bonds is 5. The SMILES string of the molecule is CCC(OC(=O)c1c(N)c(C)nn1CC)C(=O)O. The van der Waals surface area contributed by atoms with Crippen molar-refractivity contribution in [1.29, 1.82) is 0 Å². The van der Waals surface area contributed by atoms with Crippen LogP contribution < -0.4 is 5.73 Å². The molecule has 7 nitrogen and oxygen atoms in total. The number of nitrogens with two attached hydrogens (primary N) is 1. The molecular weight excluding hydrogens is 238 g/mol. The molecule has 1 heterocycles. The second-order valence-electron chi connectivity index (χ2n) is 3.80. The Morgan fingerprint density at radius 1 is 1.50 bits per heavy atom. The third-order valence-electron chi connectivity index (χ3n) is 2.56. The zero-order valence-corrected chi connectivity index (χ0v) is 10.6. The Bertz CT molecular complexity index is 467. The van der Waals surface area contributed by atoms with Crippen molar-refractivity contribution in [2.24, 2.45) is 0 Å². The normalized spacial score (nSPS) is 12.2. The van der Waals surface area contributed by atoms with Crippen molar-refractivity contribution in [2.45, 2.75) is 39.8 Å². The van der Waals surface area contributed by atoms with Crippen molar-refractivity contribution in [3.63, 3.8) is 0 Å². The van der Waals surface area contributed by atoms with E-state index in [2.05, 4.69) is 5.10 Å². The maximum atomic E-state index is 11.9. The first-order valence-electron chi connectivity index (χ1n) is 5.68. The van der Waals surface area contributed by atoms with Crippen LogP contribution in [0.25, 0.3) is 0 Å². The van der Waals surface area contributed by atoms with E-state index in [4.69, 9.17) is 15.6 Å². The van der Waals surface area contributed by atoms with Gasteiger partial charge in [0.15, 0.2) is 11.8 Å². The van der Waals surface area contributed by atoms with Crippen LogP contribution in [0.5, 0.6) is 0 Å². The summed E-state index contributed by atoms with van der Waals surface area (Å²) in [4.78, 5) is 22.7. The van der Waals surface area contributed by atoms with Crippen molar-refractivity contribution < 1.29 is 19.4 Å². The molecule has 100 valence electrons. The van der Waals surface area contributed by atoms with Gasteiger partial charge in [0, 0.05) is 6.54 Å². The number of esters is 1. The minimum atomic E-state index is -1.18. The molecule has 0 aliphatic heterocycles. The molecule has 0 aromatic carbocycles. The van der Waals surface area contributed by atoms with E-state index >= 15 is 0 Å². The number of carbonyl (C=O) groups excluding carboxylic acids is 1. The predicted molar refractivity (Wildman–Crippen MR) is 64.2 cm³/mol. The van der Waals surface area contributed by atoms with E-state index in [-0.39, 0.29) is 17.8 Å². The topological polar surface area (TPSA) is 107 Å². The number of carbonyl (C=O) groups is 2. The lowest BCUT2D eigenvalue weighted by molar-refractivity contribution is -0.147. The van der Waals surface area contributed by atoms with Gasteiger partial charge in [0.25, 0.3) is 0 Å². The lowest BCUT2D eigenvalue weighted by atomic mass is 10.2. The fourth-order valence-electron chi connectivity index (χ4n) is 1.53. The van der Waals surface area contributed by atoms with Crippen molar-refractivity contribution in [1.82, 2.24) is 9.78 Å². The average Bonchev–Trinajstić information content (AvgIpc) is 2.61. The van der Waals surface area contributed by atoms with E-state index in [9.17, 15) is 9.59 Å². The standard InChI is InChI=1S/C11H17N3O4/c1-4-7(10(15)16)18-11(17)9-8(12)6(3)13-14(9)5-2/h7H,4-5,12H2,1-3H3,(H,15,16). The number of anilines is 1. The Hall–Kier alpha value is -2.05. The number of hydrogen-bond acceptors (Lipinski definition) is 5. The van der Waals surface area contributed by atoms with Gasteiger partial charge in [-0.25, -0.2) is 9.59 Å². The number of aryl methyl sites for hydroxylation is 2. The summed E-state index contributed by atoms with van der Waals surface area (Å²) in [6, 6.07) is 0. The Labute approximate surface area is 105 Å². The van der Waals surface area contributed by atoms with Crippen molar-refractivity contribution in [2.75, 3.05) is 5.73 Å². The van der Waals surface area contributed by atoms with Crippen LogP contribution in [0.1, 0.15) is 36.5 Å². The highest BCUT2D eigenvalue weighted by atomic mass is 16.6. The summed E-state index contributed by atoms with van der Waals surface area (Å²) in [5.74, 6) is -1.94. The summed E-state index contributed by atoms with van der Waals surface area (Å²) in [5.41, 5.74) is 6.59. The van der Waals surface area contributed by atoms with Crippen molar-refractivity contribution in [3.8, 4) is 0 Å². The summed E-state index contributed by atoms with van der Waals surface area (Å²) in [6.45, 7) is 5.55. The van der Waals surface area contributed by atoms with Crippen LogP contribution in [0.4, 0.5) is 5.69 Å². The molecule has 1 rings (SSSR count). The Kier molecular flexibility index (Phi) is 4.30. The highest BCUT2D eigenvalue weighted by Crippen LogP contribution is 2.18. The smallest absolute Gasteiger partial charge is 0.359 e. The van der Waals surface area contributed by atoms with Gasteiger partial charge in [-0.2, -0.15) is 5.10 Å². The fraction of sp³-hybridized carbons (Fsp3) is 0.545. The molecular formula is C11H17N3O4. The van der Waals surface area contributed by atoms with E-state index in [0.717, 1.165) is 0 Å². The summed E-state index contributed by atoms with van der Waals surface area (Å²) >= 11 is 0. The van der Waals surface area contributed by atoms with Crippen LogP contribution in [-0.2, 0) is 16.1 Å². The van der Waals surface area contributed by atoms with Gasteiger partial charge >= 0.3 is 11.9 Å². The van der Waals surface area contributed by atoms with Gasteiger partial charge in [-0.15, -0.1) is 0 Å². The molecule has 0 radical (unpaired) electrons. The van der Waals surface area contributed by atoms with Gasteiger partial charge in [0.2, 0.25) is 0 Å². The molecule has 0 saturated heterocycles. The molecule has 7 heteroatoms. The first-order chi connectivity index (χ1) is 8.42. The quantitative estimate of drug-likeness (QED) is 0.754. The first-order valence-corrected chi connectivity index (χ1v) is 5.68. The Balaban J connectivity index is 3.00. The molecule has 0 bridgehead atoms. The van der Waals surface area contributed by atoms with Crippen LogP contribution in [-0.4, -0.2) is 32.9 Å². The molecule has 1 unspecified atom stereocenters. The summed E-state index contributed by atoms with van der Waals surface area (Å²) in [5, 5.41) is 12.9. The van der Waals surface area contributed by atoms with Crippen LogP contribution in [0.2, 0.25) is 0 Å². The number of carboxylic acid groups (broad SMARTS) is 1. The van der Waals surface area contributed by atoms with E-state index in [1.54, 1.807) is 20.8 Å². The minimum Gasteiger partial charge on any atom is -0.479 e. The summed E-state index contributed by atoms with van der Waals surface area (Å²) in [6.07, 6.45) is -0.974. The zero-order chi connectivity index (χ0) is 13.9. The number of aromatic nitrogens is 2. The van der Waals surface area contributed by atoms with Gasteiger partial charge in [-0.05, 0) is 20.3 Å². The van der Waals surface area contributed by atoms with Gasteiger partial charge < -0.3 is 15.6 Å². The zero-order valence-electron chi connectivity index (χ0n) is 10.6. The predicted octanol–water partition coefficient (Wildman–Crippen LogP) is 0.814. The Morgan fingerprint density at radius 2 is 2.11 bits per heavy atom. The maximum absolute atomic E-state index is 11.9. The molecule has 1 aromatic rings. The highest BCUT2D eigenvalue weighted by molar-refractivity contribution is 5.95. The molecule has 0 aliphatic rings. The molecule has 0 aliphatic carbocycles. The number of hydrogen-bond donors (Lipinski definition) is 2. The van der Waals surface area contributed by atoms with Crippen LogP contribution in [0, 0.1) is 6.92 Å². The Morgan fingerprint density at radius 3 is 2.56 bits per heavy atom. The second kappa shape index (κ2) is 5.52. The number of nitrogens with zero attached hydrogens (tertiary/aromatic N) is 2. The third-order valence-corrected chi connectivity index (χ3v) is 2.56. The molecule has 1 atom stereocenters. The molecule has 0 amide bonds. The summed E-state index contributed by atoms with van der Waals surface area (Å²) in [7, 11) is 0. The van der Waals surface area contributed by atoms with Gasteiger partial charge in [0.05, 0.1) is 11.4 Å². The van der Waals surface area contributed by atoms with E-state index in [1.807, 2.05) is 0 Å². The maximum Gasteiger partial charge on any atom is 0.359 e. The molecule has 3 N–H and O–H groups in total. The van der Waals surface area contributed by atoms with Crippen molar-refractivity contribution in [3.05, 3.63) is 11.4 Å². The summed E-state index contributed by atoms with van der Waals surface area (Å²) < 4.78 is 6.31. The molecule has 0 spiro atoms. The van der Waals surface area contributed by atoms with Crippen LogP contribution in [0.3, 0.4) is 0 Å². The minimum absolute atomic E-state index is 0.106. The second-order valence-corrected chi connectivity index (χ2v) is 3.80. The lowest BCUT2D eigenvalue weighted by Gasteiger charge is -2.12. The molecule has 1 aromatic heterocycles. The fourth-order valence-corrected chi connectivity index (χ4v) is 1.53. The number of aliphatic carboxylic acids is 1. The monoisotopic (exact) mass is 255 g/mol. The number of ether oxygens (including phenoxy) is 1. The van der Waals surface area contributed by atoms with E-state index in [0.29, 0.717) is 12.2 Å². The largest absolute Gasteiger partial charge is 0.479 e. The van der Waals surface area contributed by atoms with Gasteiger partial charge in [0.1, 0.15) is 0 Å². The van der Waals surface area contributed by atoms with Crippen LogP contribution >= 0.6 is 0 Å². The number of nitrogen functional groups attached to an aromatic ring is 1. The van der Waals surface area contributed by atoms with Gasteiger partial charge in [-0.3, -0.25) is 4.68 Å².